The molecule has 4 unspecified atom stereocenters. The summed E-state index contributed by atoms with van der Waals surface area (Å²) in [6, 6.07) is 2.20. The molecule has 1 amide bonds. The highest BCUT2D eigenvalue weighted by Gasteiger charge is 2.65. The van der Waals surface area contributed by atoms with Crippen molar-refractivity contribution in [2.75, 3.05) is 5.73 Å². The molecule has 21 heavy (non-hydrogen) atoms. The van der Waals surface area contributed by atoms with Crippen LogP contribution < -0.4 is 11.1 Å². The van der Waals surface area contributed by atoms with Gasteiger partial charge < -0.3 is 11.1 Å². The van der Waals surface area contributed by atoms with Crippen LogP contribution >= 0.6 is 11.3 Å². The topological polar surface area (TPSA) is 80.9 Å². The minimum absolute atomic E-state index is 0.0331. The van der Waals surface area contributed by atoms with Crippen molar-refractivity contribution < 1.29 is 4.79 Å². The van der Waals surface area contributed by atoms with Crippen molar-refractivity contribution in [3.05, 3.63) is 17.1 Å². The van der Waals surface area contributed by atoms with E-state index in [0.717, 1.165) is 33.9 Å². The zero-order chi connectivity index (χ0) is 14.1. The van der Waals surface area contributed by atoms with Gasteiger partial charge in [0.2, 0.25) is 0 Å². The molecule has 3 N–H and O–H groups in total. The third-order valence-electron chi connectivity index (χ3n) is 5.66. The van der Waals surface area contributed by atoms with Crippen LogP contribution in [0.4, 0.5) is 5.69 Å². The van der Waals surface area contributed by atoms with Gasteiger partial charge in [-0.15, -0.1) is 16.4 Å². The van der Waals surface area contributed by atoms with Gasteiger partial charge in [0.05, 0.1) is 11.9 Å². The van der Waals surface area contributed by atoms with Crippen molar-refractivity contribution in [1.82, 2.24) is 15.5 Å². The summed E-state index contributed by atoms with van der Waals surface area (Å²) in [5, 5.41) is 11.9. The fourth-order valence-corrected chi connectivity index (χ4v) is 5.72. The van der Waals surface area contributed by atoms with E-state index >= 15 is 0 Å². The van der Waals surface area contributed by atoms with Gasteiger partial charge in [-0.3, -0.25) is 4.79 Å². The van der Waals surface area contributed by atoms with Gasteiger partial charge >= 0.3 is 0 Å². The molecule has 0 spiro atoms. The number of amides is 1. The number of anilines is 1. The van der Waals surface area contributed by atoms with E-state index < -0.39 is 0 Å². The van der Waals surface area contributed by atoms with E-state index in [1.165, 1.54) is 30.6 Å². The second kappa shape index (κ2) is 3.94. The molecule has 0 saturated heterocycles. The molecule has 3 aliphatic rings. The zero-order valence-corrected chi connectivity index (χ0v) is 12.3. The van der Waals surface area contributed by atoms with Gasteiger partial charge in [0.25, 0.3) is 5.91 Å². The van der Waals surface area contributed by atoms with Gasteiger partial charge in [-0.05, 0) is 49.0 Å². The van der Waals surface area contributed by atoms with Crippen LogP contribution in [0.3, 0.4) is 0 Å². The van der Waals surface area contributed by atoms with E-state index in [-0.39, 0.29) is 5.91 Å². The number of fused-ring (bicyclic) bond motifs is 6. The molecule has 0 radical (unpaired) electrons. The monoisotopic (exact) mass is 300 g/mol. The Kier molecular flexibility index (Phi) is 2.24. The molecule has 2 aromatic rings. The number of nitrogen functional groups attached to an aromatic ring is 1. The number of nitrogens with zero attached hydrogens (tertiary/aromatic N) is 2. The lowest BCUT2D eigenvalue weighted by atomic mass is 10.0. The molecule has 3 aliphatic carbocycles. The van der Waals surface area contributed by atoms with Crippen LogP contribution in [0.5, 0.6) is 0 Å². The standard InChI is InChI=1S/C15H16N4OS/c16-11-8-3-4-17-19-15(8)21-13(11)14(20)18-12-9-6-1-2-7(5-6)10(9)12/h3-4,6-7,9-10,12H,1-2,5,16H2,(H,18,20). The minimum Gasteiger partial charge on any atom is -0.397 e. The van der Waals surface area contributed by atoms with Crippen molar-refractivity contribution in [2.45, 2.75) is 25.3 Å². The number of aromatic nitrogens is 2. The fourth-order valence-electron chi connectivity index (χ4n) is 4.78. The van der Waals surface area contributed by atoms with E-state index in [1.54, 1.807) is 6.20 Å². The predicted octanol–water partition coefficient (Wildman–Crippen LogP) is 2.05. The first kappa shape index (κ1) is 11.9. The molecule has 5 nitrogen and oxygen atoms in total. The number of thiophene rings is 1. The summed E-state index contributed by atoms with van der Waals surface area (Å²) < 4.78 is 0. The van der Waals surface area contributed by atoms with Gasteiger partial charge in [0.1, 0.15) is 9.71 Å². The van der Waals surface area contributed by atoms with Crippen molar-refractivity contribution in [3.63, 3.8) is 0 Å². The molecule has 2 aromatic heterocycles. The van der Waals surface area contributed by atoms with Crippen LogP contribution in [0, 0.1) is 23.7 Å². The summed E-state index contributed by atoms with van der Waals surface area (Å²) in [5.74, 6) is 3.16. The second-order valence-electron chi connectivity index (χ2n) is 6.58. The van der Waals surface area contributed by atoms with E-state index in [9.17, 15) is 4.79 Å². The maximum atomic E-state index is 12.5. The van der Waals surface area contributed by atoms with Crippen LogP contribution in [0.25, 0.3) is 10.2 Å². The minimum atomic E-state index is -0.0331. The lowest BCUT2D eigenvalue weighted by Crippen LogP contribution is -2.29. The van der Waals surface area contributed by atoms with Crippen LogP contribution in [-0.4, -0.2) is 22.1 Å². The van der Waals surface area contributed by atoms with Gasteiger partial charge in [-0.25, -0.2) is 0 Å². The van der Waals surface area contributed by atoms with Gasteiger partial charge in [-0.2, -0.15) is 5.10 Å². The number of nitrogens with two attached hydrogens (primary N) is 1. The Labute approximate surface area is 125 Å². The molecule has 5 rings (SSSR count). The Hall–Kier alpha value is -1.69. The number of hydrogen-bond acceptors (Lipinski definition) is 5. The van der Waals surface area contributed by atoms with Crippen LogP contribution in [0.2, 0.25) is 0 Å². The summed E-state index contributed by atoms with van der Waals surface area (Å²) in [5.41, 5.74) is 6.64. The molecule has 3 saturated carbocycles. The van der Waals surface area contributed by atoms with Crippen LogP contribution in [0.1, 0.15) is 28.9 Å². The lowest BCUT2D eigenvalue weighted by Gasteiger charge is -2.10. The number of hydrogen-bond donors (Lipinski definition) is 2. The Morgan fingerprint density at radius 1 is 1.33 bits per heavy atom. The first-order valence-corrected chi connectivity index (χ1v) is 8.36. The summed E-state index contributed by atoms with van der Waals surface area (Å²) in [4.78, 5) is 13.8. The van der Waals surface area contributed by atoms with Gasteiger partial charge in [0, 0.05) is 11.4 Å². The van der Waals surface area contributed by atoms with Crippen molar-refractivity contribution >= 4 is 33.1 Å². The number of carbonyl (C=O) groups excluding carboxylic acids is 1. The highest BCUT2D eigenvalue weighted by molar-refractivity contribution is 7.21. The van der Waals surface area contributed by atoms with E-state index in [2.05, 4.69) is 15.5 Å². The van der Waals surface area contributed by atoms with E-state index in [4.69, 9.17) is 5.73 Å². The largest absolute Gasteiger partial charge is 0.397 e. The first-order valence-electron chi connectivity index (χ1n) is 7.54. The van der Waals surface area contributed by atoms with Crippen molar-refractivity contribution in [1.29, 1.82) is 0 Å². The third-order valence-corrected chi connectivity index (χ3v) is 6.76. The molecule has 0 aliphatic heterocycles. The molecule has 2 bridgehead atoms. The second-order valence-corrected chi connectivity index (χ2v) is 7.58. The number of rotatable bonds is 2. The highest BCUT2D eigenvalue weighted by Crippen LogP contribution is 2.65. The predicted molar refractivity (Wildman–Crippen MR) is 80.9 cm³/mol. The third kappa shape index (κ3) is 1.54. The quantitative estimate of drug-likeness (QED) is 0.889. The Bertz CT molecular complexity index is 741. The maximum Gasteiger partial charge on any atom is 0.263 e. The average molecular weight is 300 g/mol. The molecule has 0 aromatic carbocycles. The molecule has 6 heteroatoms. The number of nitrogens with one attached hydrogen (secondary N) is 1. The van der Waals surface area contributed by atoms with Crippen LogP contribution in [-0.2, 0) is 0 Å². The summed E-state index contributed by atoms with van der Waals surface area (Å²) >= 11 is 1.34. The van der Waals surface area contributed by atoms with E-state index in [0.29, 0.717) is 16.6 Å². The summed E-state index contributed by atoms with van der Waals surface area (Å²) in [6.07, 6.45) is 5.72. The molecule has 2 heterocycles. The highest BCUT2D eigenvalue weighted by atomic mass is 32.1. The zero-order valence-electron chi connectivity index (χ0n) is 11.5. The summed E-state index contributed by atoms with van der Waals surface area (Å²) in [7, 11) is 0. The Morgan fingerprint density at radius 3 is 2.81 bits per heavy atom. The SMILES string of the molecule is Nc1c(C(=O)NC2C3C4CCC(C4)C23)sc2nnccc12. The fraction of sp³-hybridized carbons (Fsp3) is 0.533. The molecule has 108 valence electrons. The van der Waals surface area contributed by atoms with E-state index in [1.807, 2.05) is 6.07 Å². The Morgan fingerprint density at radius 2 is 2.10 bits per heavy atom. The summed E-state index contributed by atoms with van der Waals surface area (Å²) in [6.45, 7) is 0. The average Bonchev–Trinajstić information content (AvgIpc) is 2.84. The Balaban J connectivity index is 1.40. The normalized spacial score (nSPS) is 35.9. The number of carbonyl (C=O) groups is 1. The lowest BCUT2D eigenvalue weighted by molar-refractivity contribution is 0.0949. The molecule has 4 atom stereocenters. The van der Waals surface area contributed by atoms with Gasteiger partial charge in [0.15, 0.2) is 0 Å². The van der Waals surface area contributed by atoms with Crippen LogP contribution in [0.15, 0.2) is 12.3 Å². The first-order chi connectivity index (χ1) is 10.2. The molecular formula is C15H16N4OS. The molecular weight excluding hydrogens is 284 g/mol. The smallest absolute Gasteiger partial charge is 0.263 e. The van der Waals surface area contributed by atoms with Crippen molar-refractivity contribution in [2.24, 2.45) is 23.7 Å². The van der Waals surface area contributed by atoms with Gasteiger partial charge in [-0.1, -0.05) is 0 Å². The maximum absolute atomic E-state index is 12.5. The van der Waals surface area contributed by atoms with Crippen molar-refractivity contribution in [3.8, 4) is 0 Å². The molecule has 3 fully saturated rings.